The monoisotopic (exact) mass is 261 g/mol. The number of carbonyl (C=O) groups is 2. The number of carbonyl (C=O) groups excluding carboxylic acids is 2. The maximum Gasteiger partial charge on any atom is 0.217 e. The molecule has 0 aromatic carbocycles. The van der Waals surface area contributed by atoms with E-state index in [4.69, 9.17) is 0 Å². The molecule has 0 radical (unpaired) electrons. The summed E-state index contributed by atoms with van der Waals surface area (Å²) in [6, 6.07) is 0. The van der Waals surface area contributed by atoms with Gasteiger partial charge in [0.2, 0.25) is 5.91 Å². The average Bonchev–Trinajstić information content (AvgIpc) is 2.51. The van der Waals surface area contributed by atoms with Crippen LogP contribution in [0.25, 0.3) is 0 Å². The molecule has 1 fully saturated rings. The molecule has 0 aromatic rings. The zero-order chi connectivity index (χ0) is 10.6. The summed E-state index contributed by atoms with van der Waals surface area (Å²) in [5.41, 5.74) is -0.239. The van der Waals surface area contributed by atoms with Crippen molar-refractivity contribution in [3.05, 3.63) is 0 Å². The van der Waals surface area contributed by atoms with Crippen LogP contribution in [0, 0.1) is 0 Å². The number of Topliss-reactive ketones (excluding diaryl/α,β-unsaturated/α-hetero) is 1. The number of halogens is 1. The van der Waals surface area contributed by atoms with Gasteiger partial charge in [0.15, 0.2) is 0 Å². The van der Waals surface area contributed by atoms with Gasteiger partial charge < -0.3 is 5.32 Å². The second-order valence-electron chi connectivity index (χ2n) is 4.02. The first kappa shape index (κ1) is 11.7. The zero-order valence-electron chi connectivity index (χ0n) is 8.44. The number of amides is 1. The van der Waals surface area contributed by atoms with E-state index in [2.05, 4.69) is 21.2 Å². The van der Waals surface area contributed by atoms with Crippen molar-refractivity contribution >= 4 is 27.6 Å². The zero-order valence-corrected chi connectivity index (χ0v) is 10.0. The minimum Gasteiger partial charge on any atom is -0.350 e. The molecule has 3 nitrogen and oxygen atoms in total. The summed E-state index contributed by atoms with van der Waals surface area (Å²) in [6.07, 6.45) is 4.56. The third-order valence-corrected chi connectivity index (χ3v) is 3.31. The van der Waals surface area contributed by atoms with Crippen LogP contribution in [0.3, 0.4) is 0 Å². The van der Waals surface area contributed by atoms with Crippen LogP contribution in [0.5, 0.6) is 0 Å². The second kappa shape index (κ2) is 4.91. The van der Waals surface area contributed by atoms with Crippen molar-refractivity contribution in [3.8, 4) is 0 Å². The van der Waals surface area contributed by atoms with Crippen LogP contribution in [-0.2, 0) is 9.59 Å². The van der Waals surface area contributed by atoms with Crippen LogP contribution >= 0.6 is 15.9 Å². The summed E-state index contributed by atoms with van der Waals surface area (Å²) in [7, 11) is 0. The Hall–Kier alpha value is -0.380. The van der Waals surface area contributed by atoms with E-state index in [1.54, 1.807) is 0 Å². The van der Waals surface area contributed by atoms with Gasteiger partial charge in [-0.3, -0.25) is 9.59 Å². The normalized spacial score (nSPS) is 19.3. The van der Waals surface area contributed by atoms with Gasteiger partial charge in [-0.2, -0.15) is 0 Å². The molecule has 1 aliphatic carbocycles. The molecule has 0 atom stereocenters. The molecule has 0 aromatic heterocycles. The van der Waals surface area contributed by atoms with Crippen molar-refractivity contribution in [3.63, 3.8) is 0 Å². The maximum atomic E-state index is 11.4. The van der Waals surface area contributed by atoms with E-state index < -0.39 is 0 Å². The molecule has 0 unspecified atom stereocenters. The summed E-state index contributed by atoms with van der Waals surface area (Å²) < 4.78 is 0. The Morgan fingerprint density at radius 3 is 2.36 bits per heavy atom. The Morgan fingerprint density at radius 2 is 1.93 bits per heavy atom. The summed E-state index contributed by atoms with van der Waals surface area (Å²) in [6.45, 7) is 1.51. The van der Waals surface area contributed by atoms with Gasteiger partial charge in [-0.15, -0.1) is 0 Å². The predicted octanol–water partition coefficient (Wildman–Crippen LogP) is 1.79. The predicted molar refractivity (Wildman–Crippen MR) is 58.4 cm³/mol. The molecule has 0 spiro atoms. The highest BCUT2D eigenvalue weighted by atomic mass is 79.9. The fourth-order valence-corrected chi connectivity index (χ4v) is 2.39. The molecule has 4 heteroatoms. The van der Waals surface area contributed by atoms with Gasteiger partial charge in [-0.1, -0.05) is 28.8 Å². The van der Waals surface area contributed by atoms with Crippen molar-refractivity contribution in [1.82, 2.24) is 5.32 Å². The van der Waals surface area contributed by atoms with E-state index >= 15 is 0 Å². The third kappa shape index (κ3) is 3.08. The number of alkyl halides is 1. The van der Waals surface area contributed by atoms with Gasteiger partial charge >= 0.3 is 0 Å². The quantitative estimate of drug-likeness (QED) is 0.785. The Labute approximate surface area is 92.8 Å². The average molecular weight is 262 g/mol. The minimum atomic E-state index is -0.239. The molecule has 1 saturated carbocycles. The lowest BCUT2D eigenvalue weighted by Gasteiger charge is -2.28. The molecule has 1 rings (SSSR count). The van der Waals surface area contributed by atoms with Crippen LogP contribution in [0.15, 0.2) is 0 Å². The van der Waals surface area contributed by atoms with Crippen molar-refractivity contribution < 1.29 is 9.59 Å². The van der Waals surface area contributed by atoms with Crippen molar-refractivity contribution in [2.75, 3.05) is 5.33 Å². The Morgan fingerprint density at radius 1 is 1.36 bits per heavy atom. The largest absolute Gasteiger partial charge is 0.350 e. The molecule has 14 heavy (non-hydrogen) atoms. The minimum absolute atomic E-state index is 0.0331. The molecule has 1 N–H and O–H groups in total. The van der Waals surface area contributed by atoms with Crippen LogP contribution < -0.4 is 5.32 Å². The molecule has 0 aliphatic heterocycles. The molecular weight excluding hydrogens is 246 g/mol. The molecule has 80 valence electrons. The lowest BCUT2D eigenvalue weighted by Crippen LogP contribution is -2.47. The van der Waals surface area contributed by atoms with Gasteiger partial charge in [0.25, 0.3) is 0 Å². The van der Waals surface area contributed by atoms with Gasteiger partial charge in [0, 0.05) is 18.9 Å². The van der Waals surface area contributed by atoms with E-state index in [1.807, 2.05) is 0 Å². The number of ketones is 1. The lowest BCUT2D eigenvalue weighted by molar-refractivity contribution is -0.122. The van der Waals surface area contributed by atoms with E-state index in [0.717, 1.165) is 25.7 Å². The van der Waals surface area contributed by atoms with Crippen LogP contribution in [-0.4, -0.2) is 22.6 Å². The van der Waals surface area contributed by atoms with Crippen LogP contribution in [0.4, 0.5) is 0 Å². The first-order valence-electron chi connectivity index (χ1n) is 4.94. The van der Waals surface area contributed by atoms with Gasteiger partial charge in [0.1, 0.15) is 5.78 Å². The summed E-state index contributed by atoms with van der Waals surface area (Å²) in [5, 5.41) is 3.32. The van der Waals surface area contributed by atoms with Crippen molar-refractivity contribution in [1.29, 1.82) is 0 Å². The standard InChI is InChI=1S/C10H16BrNO2/c1-8(13)12-10(4-2-3-5-10)6-9(14)7-11/h2-7H2,1H3,(H,12,13). The third-order valence-electron chi connectivity index (χ3n) is 2.69. The fraction of sp³-hybridized carbons (Fsp3) is 0.800. The summed E-state index contributed by atoms with van der Waals surface area (Å²) >= 11 is 3.15. The van der Waals surface area contributed by atoms with Crippen LogP contribution in [0.1, 0.15) is 39.0 Å². The SMILES string of the molecule is CC(=O)NC1(CC(=O)CBr)CCCC1. The molecule has 0 heterocycles. The fourth-order valence-electron chi connectivity index (χ4n) is 2.20. The van der Waals surface area contributed by atoms with Gasteiger partial charge in [-0.25, -0.2) is 0 Å². The highest BCUT2D eigenvalue weighted by molar-refractivity contribution is 9.09. The van der Waals surface area contributed by atoms with E-state index in [1.165, 1.54) is 6.92 Å². The van der Waals surface area contributed by atoms with Crippen LogP contribution in [0.2, 0.25) is 0 Å². The van der Waals surface area contributed by atoms with Gasteiger partial charge in [-0.05, 0) is 12.8 Å². The molecule has 1 aliphatic rings. The highest BCUT2D eigenvalue weighted by Crippen LogP contribution is 2.32. The summed E-state index contributed by atoms with van der Waals surface area (Å²) in [5.74, 6) is 0.134. The molecule has 0 saturated heterocycles. The Kier molecular flexibility index (Phi) is 4.11. The first-order valence-corrected chi connectivity index (χ1v) is 6.06. The second-order valence-corrected chi connectivity index (χ2v) is 4.58. The Balaban J connectivity index is 2.61. The molecule has 0 bridgehead atoms. The number of nitrogens with one attached hydrogen (secondary N) is 1. The molecular formula is C10H16BrNO2. The summed E-state index contributed by atoms with van der Waals surface area (Å²) in [4.78, 5) is 22.4. The number of rotatable bonds is 4. The molecule has 1 amide bonds. The smallest absolute Gasteiger partial charge is 0.217 e. The van der Waals surface area contributed by atoms with Crippen molar-refractivity contribution in [2.24, 2.45) is 0 Å². The first-order chi connectivity index (χ1) is 6.58. The number of hydrogen-bond donors (Lipinski definition) is 1. The van der Waals surface area contributed by atoms with Gasteiger partial charge in [0.05, 0.1) is 5.33 Å². The highest BCUT2D eigenvalue weighted by Gasteiger charge is 2.36. The van der Waals surface area contributed by atoms with E-state index in [-0.39, 0.29) is 17.2 Å². The maximum absolute atomic E-state index is 11.4. The topological polar surface area (TPSA) is 46.2 Å². The number of hydrogen-bond acceptors (Lipinski definition) is 2. The van der Waals surface area contributed by atoms with E-state index in [9.17, 15) is 9.59 Å². The Bertz CT molecular complexity index is 234. The van der Waals surface area contributed by atoms with E-state index in [0.29, 0.717) is 11.8 Å². The lowest BCUT2D eigenvalue weighted by atomic mass is 9.91. The van der Waals surface area contributed by atoms with Crippen molar-refractivity contribution in [2.45, 2.75) is 44.6 Å².